The van der Waals surface area contributed by atoms with Crippen LogP contribution in [-0.2, 0) is 4.79 Å². The van der Waals surface area contributed by atoms with Crippen LogP contribution in [-0.4, -0.2) is 33.4 Å². The molecule has 1 aromatic heterocycles. The number of anilines is 1. The zero-order valence-electron chi connectivity index (χ0n) is 20.5. The number of carbonyl (C=O) groups is 1. The third-order valence-electron chi connectivity index (χ3n) is 5.40. The van der Waals surface area contributed by atoms with Crippen molar-refractivity contribution < 1.29 is 14.3 Å². The van der Waals surface area contributed by atoms with Crippen LogP contribution in [0.15, 0.2) is 41.6 Å². The standard InChI is InChI=1S/C26H30N4O3S/c1-7-32-20-10-8-19(9-11-20)25-30(18(6)31)23-17(5)12-16(4)13-21(23)22-24(33-25)27-26(29-28-22)34-14-15(2)3/h8-13,15,25H,7,14H2,1-6H3. The summed E-state index contributed by atoms with van der Waals surface area (Å²) >= 11 is 1.55. The smallest absolute Gasteiger partial charge is 0.247 e. The first-order valence-corrected chi connectivity index (χ1v) is 12.4. The van der Waals surface area contributed by atoms with Gasteiger partial charge in [-0.15, -0.1) is 10.2 Å². The zero-order chi connectivity index (χ0) is 24.4. The molecule has 178 valence electrons. The Hall–Kier alpha value is -3.13. The number of aromatic nitrogens is 3. The van der Waals surface area contributed by atoms with Crippen LogP contribution in [0, 0.1) is 19.8 Å². The normalized spacial score (nSPS) is 14.8. The quantitative estimate of drug-likeness (QED) is 0.418. The number of ether oxygens (including phenoxy) is 2. The Morgan fingerprint density at radius 1 is 1.18 bits per heavy atom. The fourth-order valence-electron chi connectivity index (χ4n) is 4.02. The number of amides is 1. The van der Waals surface area contributed by atoms with Crippen LogP contribution >= 0.6 is 11.8 Å². The average Bonchev–Trinajstić information content (AvgIpc) is 2.93. The van der Waals surface area contributed by atoms with Gasteiger partial charge in [0, 0.05) is 23.8 Å². The van der Waals surface area contributed by atoms with E-state index in [1.807, 2.05) is 51.1 Å². The van der Waals surface area contributed by atoms with Crippen LogP contribution in [0.5, 0.6) is 11.6 Å². The lowest BCUT2D eigenvalue weighted by atomic mass is 10.00. The van der Waals surface area contributed by atoms with Crippen LogP contribution in [0.1, 0.15) is 50.6 Å². The van der Waals surface area contributed by atoms with Gasteiger partial charge in [-0.1, -0.05) is 37.2 Å². The Bertz CT molecular complexity index is 1200. The molecular weight excluding hydrogens is 448 g/mol. The molecule has 1 aliphatic heterocycles. The summed E-state index contributed by atoms with van der Waals surface area (Å²) in [5.74, 6) is 2.36. The van der Waals surface area contributed by atoms with Crippen molar-refractivity contribution in [1.29, 1.82) is 0 Å². The molecule has 0 aliphatic carbocycles. The van der Waals surface area contributed by atoms with Crippen molar-refractivity contribution >= 4 is 23.4 Å². The number of fused-ring (bicyclic) bond motifs is 3. The monoisotopic (exact) mass is 478 g/mol. The summed E-state index contributed by atoms with van der Waals surface area (Å²) in [6, 6.07) is 11.7. The Kier molecular flexibility index (Phi) is 7.07. The number of aryl methyl sites for hydroxylation is 2. The van der Waals surface area contributed by atoms with E-state index in [0.717, 1.165) is 39.4 Å². The molecule has 1 atom stereocenters. The number of rotatable bonds is 6. The molecule has 1 aliphatic rings. The third-order valence-corrected chi connectivity index (χ3v) is 6.66. The van der Waals surface area contributed by atoms with E-state index in [1.54, 1.807) is 23.6 Å². The number of nitrogens with zero attached hydrogens (tertiary/aromatic N) is 4. The van der Waals surface area contributed by atoms with Gasteiger partial charge >= 0.3 is 0 Å². The lowest BCUT2D eigenvalue weighted by Gasteiger charge is -2.31. The maximum atomic E-state index is 13.1. The van der Waals surface area contributed by atoms with Crippen LogP contribution in [0.25, 0.3) is 11.3 Å². The van der Waals surface area contributed by atoms with Gasteiger partial charge < -0.3 is 9.47 Å². The lowest BCUT2D eigenvalue weighted by Crippen LogP contribution is -2.36. The Morgan fingerprint density at radius 3 is 2.56 bits per heavy atom. The van der Waals surface area contributed by atoms with E-state index >= 15 is 0 Å². The number of hydrogen-bond donors (Lipinski definition) is 0. The predicted octanol–water partition coefficient (Wildman–Crippen LogP) is 5.75. The van der Waals surface area contributed by atoms with Crippen molar-refractivity contribution in [3.05, 3.63) is 53.1 Å². The first-order chi connectivity index (χ1) is 16.3. The van der Waals surface area contributed by atoms with E-state index in [0.29, 0.717) is 29.3 Å². The summed E-state index contributed by atoms with van der Waals surface area (Å²) in [7, 11) is 0. The van der Waals surface area contributed by atoms with Gasteiger partial charge in [-0.25, -0.2) is 0 Å². The molecule has 2 aromatic carbocycles. The van der Waals surface area contributed by atoms with Crippen molar-refractivity contribution in [1.82, 2.24) is 15.2 Å². The molecule has 2 heterocycles. The highest BCUT2D eigenvalue weighted by Crippen LogP contribution is 2.45. The molecule has 0 saturated carbocycles. The van der Waals surface area contributed by atoms with Gasteiger partial charge in [-0.2, -0.15) is 4.98 Å². The summed E-state index contributed by atoms with van der Waals surface area (Å²) in [5, 5.41) is 9.45. The number of hydrogen-bond acceptors (Lipinski definition) is 7. The van der Waals surface area contributed by atoms with Gasteiger partial charge in [0.05, 0.1) is 12.3 Å². The van der Waals surface area contributed by atoms with Crippen LogP contribution < -0.4 is 14.4 Å². The fraction of sp³-hybridized carbons (Fsp3) is 0.385. The fourth-order valence-corrected chi connectivity index (χ4v) is 4.75. The second kappa shape index (κ2) is 10.0. The lowest BCUT2D eigenvalue weighted by molar-refractivity contribution is -0.118. The highest BCUT2D eigenvalue weighted by Gasteiger charge is 2.36. The van der Waals surface area contributed by atoms with Gasteiger partial charge in [0.1, 0.15) is 5.75 Å². The number of thioether (sulfide) groups is 1. The summed E-state index contributed by atoms with van der Waals surface area (Å²) in [4.78, 5) is 19.5. The van der Waals surface area contributed by atoms with Crippen molar-refractivity contribution in [3.63, 3.8) is 0 Å². The van der Waals surface area contributed by atoms with Crippen molar-refractivity contribution in [2.75, 3.05) is 17.3 Å². The molecule has 1 amide bonds. The summed E-state index contributed by atoms with van der Waals surface area (Å²) in [6.07, 6.45) is -0.714. The highest BCUT2D eigenvalue weighted by atomic mass is 32.2. The van der Waals surface area contributed by atoms with Crippen molar-refractivity contribution in [2.45, 2.75) is 52.9 Å². The molecule has 7 nitrogen and oxygen atoms in total. The molecule has 0 N–H and O–H groups in total. The molecule has 0 spiro atoms. The minimum atomic E-state index is -0.714. The van der Waals surface area contributed by atoms with Crippen LogP contribution in [0.4, 0.5) is 5.69 Å². The Morgan fingerprint density at radius 2 is 1.91 bits per heavy atom. The largest absolute Gasteiger partial charge is 0.494 e. The molecule has 0 bridgehead atoms. The third kappa shape index (κ3) is 4.87. The molecule has 3 aromatic rings. The minimum Gasteiger partial charge on any atom is -0.494 e. The Labute approximate surface area is 204 Å². The molecule has 1 unspecified atom stereocenters. The topological polar surface area (TPSA) is 77.4 Å². The molecule has 0 saturated heterocycles. The first kappa shape index (κ1) is 24.0. The van der Waals surface area contributed by atoms with Gasteiger partial charge in [0.25, 0.3) is 0 Å². The zero-order valence-corrected chi connectivity index (χ0v) is 21.3. The average molecular weight is 479 g/mol. The maximum Gasteiger partial charge on any atom is 0.247 e. The molecule has 0 fully saturated rings. The van der Waals surface area contributed by atoms with Crippen molar-refractivity contribution in [2.24, 2.45) is 5.92 Å². The second-order valence-corrected chi connectivity index (χ2v) is 9.78. The van der Waals surface area contributed by atoms with Gasteiger partial charge in [0.2, 0.25) is 23.2 Å². The summed E-state index contributed by atoms with van der Waals surface area (Å²) in [5.41, 5.74) is 4.91. The van der Waals surface area contributed by atoms with E-state index in [9.17, 15) is 4.79 Å². The van der Waals surface area contributed by atoms with Crippen LogP contribution in [0.3, 0.4) is 0 Å². The predicted molar refractivity (Wildman–Crippen MR) is 134 cm³/mol. The van der Waals surface area contributed by atoms with Gasteiger partial charge in [0.15, 0.2) is 5.69 Å². The second-order valence-electron chi connectivity index (χ2n) is 8.79. The summed E-state index contributed by atoms with van der Waals surface area (Å²) < 4.78 is 12.1. The minimum absolute atomic E-state index is 0.137. The van der Waals surface area contributed by atoms with Crippen LogP contribution in [0.2, 0.25) is 0 Å². The maximum absolute atomic E-state index is 13.1. The van der Waals surface area contributed by atoms with Crippen molar-refractivity contribution in [3.8, 4) is 22.9 Å². The molecule has 34 heavy (non-hydrogen) atoms. The number of carbonyl (C=O) groups excluding carboxylic acids is 1. The van der Waals surface area contributed by atoms with E-state index in [4.69, 9.17) is 14.5 Å². The summed E-state index contributed by atoms with van der Waals surface area (Å²) in [6.45, 7) is 12.4. The molecule has 8 heteroatoms. The molecule has 4 rings (SSSR count). The van der Waals surface area contributed by atoms with E-state index in [1.165, 1.54) is 0 Å². The SMILES string of the molecule is CCOc1ccc(C2Oc3nc(SCC(C)C)nnc3-c3cc(C)cc(C)c3N2C(C)=O)cc1. The Balaban J connectivity index is 1.89. The van der Waals surface area contributed by atoms with E-state index in [-0.39, 0.29) is 5.91 Å². The first-order valence-electron chi connectivity index (χ1n) is 11.5. The number of benzene rings is 2. The van der Waals surface area contributed by atoms with Gasteiger partial charge in [-0.3, -0.25) is 9.69 Å². The van der Waals surface area contributed by atoms with Gasteiger partial charge in [-0.05, 0) is 62.6 Å². The molecule has 0 radical (unpaired) electrons. The highest BCUT2D eigenvalue weighted by molar-refractivity contribution is 7.99. The molecular formula is C26H30N4O3S. The van der Waals surface area contributed by atoms with E-state index in [2.05, 4.69) is 30.1 Å². The van der Waals surface area contributed by atoms with E-state index < -0.39 is 6.23 Å².